The summed E-state index contributed by atoms with van der Waals surface area (Å²) in [4.78, 5) is 12.5. The Labute approximate surface area is 190 Å². The minimum absolute atomic E-state index is 0.0601. The lowest BCUT2D eigenvalue weighted by Gasteiger charge is -2.14. The van der Waals surface area contributed by atoms with Gasteiger partial charge in [-0.3, -0.25) is 9.52 Å². The molecule has 5 nitrogen and oxygen atoms in total. The quantitative estimate of drug-likeness (QED) is 0.503. The molecule has 0 unspecified atom stereocenters. The van der Waals surface area contributed by atoms with Gasteiger partial charge in [-0.15, -0.1) is 0 Å². The van der Waals surface area contributed by atoms with Gasteiger partial charge in [-0.2, -0.15) is 13.2 Å². The molecule has 174 valence electrons. The monoisotopic (exact) mass is 476 g/mol. The Balaban J connectivity index is 1.81. The van der Waals surface area contributed by atoms with E-state index in [2.05, 4.69) is 10.0 Å². The Bertz CT molecular complexity index is 1300. The summed E-state index contributed by atoms with van der Waals surface area (Å²) in [6.07, 6.45) is -4.48. The summed E-state index contributed by atoms with van der Waals surface area (Å²) in [5.41, 5.74) is 2.06. The van der Waals surface area contributed by atoms with E-state index in [0.29, 0.717) is 11.3 Å². The molecule has 3 aromatic carbocycles. The van der Waals surface area contributed by atoms with Gasteiger partial charge in [-0.25, -0.2) is 8.42 Å². The third kappa shape index (κ3) is 5.92. The van der Waals surface area contributed by atoms with Crippen molar-refractivity contribution in [1.29, 1.82) is 0 Å². The van der Waals surface area contributed by atoms with E-state index < -0.39 is 27.7 Å². The molecule has 3 aromatic rings. The zero-order valence-electron chi connectivity index (χ0n) is 18.2. The van der Waals surface area contributed by atoms with Crippen LogP contribution >= 0.6 is 0 Å². The van der Waals surface area contributed by atoms with Crippen LogP contribution < -0.4 is 10.0 Å². The van der Waals surface area contributed by atoms with E-state index in [4.69, 9.17) is 0 Å². The number of nitrogens with one attached hydrogen (secondary N) is 2. The highest BCUT2D eigenvalue weighted by atomic mass is 32.2. The number of sulfonamides is 1. The first-order valence-electron chi connectivity index (χ1n) is 10.0. The van der Waals surface area contributed by atoms with Gasteiger partial charge < -0.3 is 5.32 Å². The average Bonchev–Trinajstić information content (AvgIpc) is 2.74. The van der Waals surface area contributed by atoms with Crippen molar-refractivity contribution in [2.45, 2.75) is 38.4 Å². The van der Waals surface area contributed by atoms with Gasteiger partial charge >= 0.3 is 6.18 Å². The number of hydrogen-bond donors (Lipinski definition) is 2. The Morgan fingerprint density at radius 1 is 0.909 bits per heavy atom. The molecule has 3 rings (SSSR count). The molecule has 0 bridgehead atoms. The molecule has 0 aliphatic carbocycles. The first kappa shape index (κ1) is 24.3. The first-order chi connectivity index (χ1) is 15.4. The SMILES string of the molecule is Cc1ccc(C)c(NS(=O)(=O)c2cc(C(=O)NCc3cccc(C(F)(F)F)c3)ccc2C)c1. The highest BCUT2D eigenvalue weighted by Crippen LogP contribution is 2.29. The number of alkyl halides is 3. The predicted molar refractivity (Wildman–Crippen MR) is 121 cm³/mol. The minimum atomic E-state index is -4.48. The molecular weight excluding hydrogens is 453 g/mol. The van der Waals surface area contributed by atoms with Crippen LogP contribution in [0.4, 0.5) is 18.9 Å². The number of benzene rings is 3. The lowest BCUT2D eigenvalue weighted by Crippen LogP contribution is -2.24. The van der Waals surface area contributed by atoms with Gasteiger partial charge in [0.25, 0.3) is 15.9 Å². The van der Waals surface area contributed by atoms with Crippen LogP contribution in [-0.2, 0) is 22.7 Å². The van der Waals surface area contributed by atoms with E-state index in [1.807, 2.05) is 13.0 Å². The van der Waals surface area contributed by atoms with Crippen molar-refractivity contribution in [1.82, 2.24) is 5.32 Å². The Hall–Kier alpha value is -3.33. The normalized spacial score (nSPS) is 11.8. The number of carbonyl (C=O) groups is 1. The van der Waals surface area contributed by atoms with Crippen LogP contribution in [0.5, 0.6) is 0 Å². The molecule has 0 spiro atoms. The van der Waals surface area contributed by atoms with Gasteiger partial charge in [-0.05, 0) is 73.4 Å². The Morgan fingerprint density at radius 3 is 2.30 bits per heavy atom. The molecule has 9 heteroatoms. The fraction of sp³-hybridized carbons (Fsp3) is 0.208. The highest BCUT2D eigenvalue weighted by Gasteiger charge is 2.30. The second kappa shape index (κ2) is 9.27. The van der Waals surface area contributed by atoms with Gasteiger partial charge in [0.15, 0.2) is 0 Å². The van der Waals surface area contributed by atoms with Gasteiger partial charge in [0.05, 0.1) is 16.1 Å². The standard InChI is InChI=1S/C24H23F3N2O3S/c1-15-7-8-16(2)21(11-15)29-33(31,32)22-13-19(10-9-17(22)3)23(30)28-14-18-5-4-6-20(12-18)24(25,26)27/h4-13,29H,14H2,1-3H3,(H,28,30). The first-order valence-corrected chi connectivity index (χ1v) is 11.5. The second-order valence-corrected chi connectivity index (χ2v) is 9.44. The molecule has 0 heterocycles. The van der Waals surface area contributed by atoms with E-state index in [1.54, 1.807) is 26.0 Å². The molecule has 0 saturated carbocycles. The average molecular weight is 477 g/mol. The third-order valence-corrected chi connectivity index (χ3v) is 6.59. The number of carbonyl (C=O) groups excluding carboxylic acids is 1. The summed E-state index contributed by atoms with van der Waals surface area (Å²) >= 11 is 0. The van der Waals surface area contributed by atoms with E-state index >= 15 is 0 Å². The predicted octanol–water partition coefficient (Wildman–Crippen LogP) is 5.36. The minimum Gasteiger partial charge on any atom is -0.348 e. The fourth-order valence-corrected chi connectivity index (χ4v) is 4.61. The van der Waals surface area contributed by atoms with Crippen LogP contribution in [-0.4, -0.2) is 14.3 Å². The summed E-state index contributed by atoms with van der Waals surface area (Å²) < 4.78 is 67.2. The van der Waals surface area contributed by atoms with Gasteiger partial charge in [0.2, 0.25) is 0 Å². The van der Waals surface area contributed by atoms with Crippen LogP contribution in [0.3, 0.4) is 0 Å². The van der Waals surface area contributed by atoms with Gasteiger partial charge in [0, 0.05) is 12.1 Å². The topological polar surface area (TPSA) is 75.3 Å². The lowest BCUT2D eigenvalue weighted by molar-refractivity contribution is -0.137. The molecule has 0 aromatic heterocycles. The molecule has 0 aliphatic rings. The largest absolute Gasteiger partial charge is 0.416 e. The van der Waals surface area contributed by atoms with Gasteiger partial charge in [-0.1, -0.05) is 30.3 Å². The lowest BCUT2D eigenvalue weighted by atomic mass is 10.1. The van der Waals surface area contributed by atoms with Crippen LogP contribution in [0.1, 0.15) is 38.2 Å². The summed E-state index contributed by atoms with van der Waals surface area (Å²) in [5, 5.41) is 2.54. The van der Waals surface area contributed by atoms with Crippen LogP contribution in [0.2, 0.25) is 0 Å². The number of hydrogen-bond acceptors (Lipinski definition) is 3. The zero-order valence-corrected chi connectivity index (χ0v) is 19.1. The Morgan fingerprint density at radius 2 is 1.61 bits per heavy atom. The highest BCUT2D eigenvalue weighted by molar-refractivity contribution is 7.92. The third-order valence-electron chi connectivity index (χ3n) is 5.08. The molecule has 2 N–H and O–H groups in total. The van der Waals surface area contributed by atoms with Crippen LogP contribution in [0.15, 0.2) is 65.6 Å². The maximum Gasteiger partial charge on any atom is 0.416 e. The van der Waals surface area contributed by atoms with Crippen molar-refractivity contribution in [3.63, 3.8) is 0 Å². The summed E-state index contributed by atoms with van der Waals surface area (Å²) in [7, 11) is -3.98. The maximum atomic E-state index is 13.0. The zero-order chi connectivity index (χ0) is 24.4. The number of anilines is 1. The molecule has 0 atom stereocenters. The molecule has 0 fully saturated rings. The number of rotatable bonds is 6. The van der Waals surface area contributed by atoms with Crippen molar-refractivity contribution in [3.05, 3.63) is 94.0 Å². The van der Waals surface area contributed by atoms with E-state index in [0.717, 1.165) is 23.3 Å². The Kier molecular flexibility index (Phi) is 6.83. The molecule has 1 amide bonds. The second-order valence-electron chi connectivity index (χ2n) is 7.78. The maximum absolute atomic E-state index is 13.0. The van der Waals surface area contributed by atoms with E-state index in [1.165, 1.54) is 30.3 Å². The summed E-state index contributed by atoms with van der Waals surface area (Å²) in [6.45, 7) is 5.10. The molecular formula is C24H23F3N2O3S. The smallest absolute Gasteiger partial charge is 0.348 e. The van der Waals surface area contributed by atoms with Crippen LogP contribution in [0.25, 0.3) is 0 Å². The molecule has 0 aliphatic heterocycles. The molecule has 33 heavy (non-hydrogen) atoms. The van der Waals surface area contributed by atoms with Crippen LogP contribution in [0, 0.1) is 20.8 Å². The molecule has 0 saturated heterocycles. The summed E-state index contributed by atoms with van der Waals surface area (Å²) in [5.74, 6) is -0.601. The fourth-order valence-electron chi connectivity index (χ4n) is 3.22. The molecule has 0 radical (unpaired) electrons. The summed E-state index contributed by atoms with van der Waals surface area (Å²) in [6, 6.07) is 14.3. The van der Waals surface area contributed by atoms with Gasteiger partial charge in [0.1, 0.15) is 0 Å². The van der Waals surface area contributed by atoms with Crippen molar-refractivity contribution < 1.29 is 26.4 Å². The van der Waals surface area contributed by atoms with Crippen molar-refractivity contribution >= 4 is 21.6 Å². The van der Waals surface area contributed by atoms with Crippen molar-refractivity contribution in [2.75, 3.05) is 4.72 Å². The van der Waals surface area contributed by atoms with Crippen molar-refractivity contribution in [3.8, 4) is 0 Å². The van der Waals surface area contributed by atoms with E-state index in [9.17, 15) is 26.4 Å². The number of amides is 1. The van der Waals surface area contributed by atoms with Crippen molar-refractivity contribution in [2.24, 2.45) is 0 Å². The number of aryl methyl sites for hydroxylation is 3. The number of halogens is 3. The van der Waals surface area contributed by atoms with E-state index in [-0.39, 0.29) is 22.6 Å².